The zero-order chi connectivity index (χ0) is 21.1. The molecular formula is C19H17N5O5S. The van der Waals surface area contributed by atoms with Crippen LogP contribution in [-0.2, 0) is 17.8 Å². The first-order valence-corrected chi connectivity index (χ1v) is 10.0. The number of rotatable bonds is 6. The van der Waals surface area contributed by atoms with Gasteiger partial charge in [-0.25, -0.2) is 0 Å². The highest BCUT2D eigenvalue weighted by Gasteiger charge is 2.24. The van der Waals surface area contributed by atoms with E-state index in [9.17, 15) is 14.9 Å². The zero-order valence-electron chi connectivity index (χ0n) is 16.0. The number of fused-ring (bicyclic) bond motifs is 1. The molecule has 0 saturated heterocycles. The van der Waals surface area contributed by atoms with Gasteiger partial charge in [-0.05, 0) is 29.8 Å². The van der Waals surface area contributed by atoms with E-state index in [-0.39, 0.29) is 17.3 Å². The molecular weight excluding hydrogens is 410 g/mol. The molecule has 10 nitrogen and oxygen atoms in total. The Morgan fingerprint density at radius 2 is 2.13 bits per heavy atom. The molecule has 1 aliphatic rings. The van der Waals surface area contributed by atoms with Crippen molar-refractivity contribution in [1.29, 1.82) is 0 Å². The van der Waals surface area contributed by atoms with Crippen LogP contribution in [0.4, 0.5) is 5.69 Å². The summed E-state index contributed by atoms with van der Waals surface area (Å²) in [4.78, 5) is 28.9. The quantitative estimate of drug-likeness (QED) is 0.332. The third-order valence-electron chi connectivity index (χ3n) is 4.65. The Balaban J connectivity index is 1.36. The predicted octanol–water partition coefficient (Wildman–Crippen LogP) is 2.73. The van der Waals surface area contributed by atoms with E-state index in [1.807, 2.05) is 12.1 Å². The van der Waals surface area contributed by atoms with Crippen LogP contribution in [0.1, 0.15) is 11.3 Å². The molecule has 4 rings (SSSR count). The Hall–Kier alpha value is -3.47. The van der Waals surface area contributed by atoms with Crippen molar-refractivity contribution in [3.05, 3.63) is 57.9 Å². The van der Waals surface area contributed by atoms with Crippen LogP contribution in [0.2, 0.25) is 0 Å². The third-order valence-corrected chi connectivity index (χ3v) is 5.45. The highest BCUT2D eigenvalue weighted by Crippen LogP contribution is 2.26. The molecule has 1 aliphatic heterocycles. The van der Waals surface area contributed by atoms with E-state index < -0.39 is 4.92 Å². The van der Waals surface area contributed by atoms with Crippen LogP contribution in [0.15, 0.2) is 46.2 Å². The fraction of sp³-hybridized carbons (Fsp3) is 0.263. The van der Waals surface area contributed by atoms with Crippen molar-refractivity contribution in [3.8, 4) is 17.2 Å². The molecule has 3 heterocycles. The first-order chi connectivity index (χ1) is 14.5. The summed E-state index contributed by atoms with van der Waals surface area (Å²) in [6, 6.07) is 8.69. The molecule has 1 aromatic carbocycles. The van der Waals surface area contributed by atoms with Crippen molar-refractivity contribution < 1.29 is 18.9 Å². The number of hydrogen-bond donors (Lipinski definition) is 0. The summed E-state index contributed by atoms with van der Waals surface area (Å²) in [7, 11) is 1.59. The van der Waals surface area contributed by atoms with Crippen LogP contribution in [0, 0.1) is 10.1 Å². The summed E-state index contributed by atoms with van der Waals surface area (Å²) in [5.41, 5.74) is 2.17. The number of thioether (sulfide) groups is 1. The van der Waals surface area contributed by atoms with Gasteiger partial charge in [0.25, 0.3) is 10.9 Å². The molecule has 0 radical (unpaired) electrons. The Kier molecular flexibility index (Phi) is 5.61. The lowest BCUT2D eigenvalue weighted by molar-refractivity contribution is -0.385. The van der Waals surface area contributed by atoms with Crippen molar-refractivity contribution in [3.63, 3.8) is 0 Å². The summed E-state index contributed by atoms with van der Waals surface area (Å²) < 4.78 is 10.7. The molecule has 2 aromatic heterocycles. The van der Waals surface area contributed by atoms with Crippen LogP contribution >= 0.6 is 11.8 Å². The lowest BCUT2D eigenvalue weighted by atomic mass is 10.1. The van der Waals surface area contributed by atoms with Gasteiger partial charge in [0.1, 0.15) is 11.9 Å². The van der Waals surface area contributed by atoms with Crippen LogP contribution in [0.25, 0.3) is 11.5 Å². The molecule has 30 heavy (non-hydrogen) atoms. The van der Waals surface area contributed by atoms with Crippen LogP contribution in [0.5, 0.6) is 5.75 Å². The Bertz CT molecular complexity index is 1090. The summed E-state index contributed by atoms with van der Waals surface area (Å²) in [5, 5.41) is 19.2. The van der Waals surface area contributed by atoms with Gasteiger partial charge in [-0.1, -0.05) is 11.8 Å². The number of aromatic nitrogens is 3. The third kappa shape index (κ3) is 4.25. The number of hydrogen-bond acceptors (Lipinski definition) is 9. The maximum absolute atomic E-state index is 12.6. The van der Waals surface area contributed by atoms with E-state index in [4.69, 9.17) is 9.15 Å². The first kappa shape index (κ1) is 19.8. The molecule has 0 unspecified atom stereocenters. The molecule has 3 aromatic rings. The number of nitrogens with zero attached hydrogens (tertiary/aromatic N) is 5. The van der Waals surface area contributed by atoms with E-state index in [2.05, 4.69) is 15.2 Å². The fourth-order valence-corrected chi connectivity index (χ4v) is 3.73. The number of carbonyl (C=O) groups is 1. The smallest absolute Gasteiger partial charge is 0.287 e. The zero-order valence-corrected chi connectivity index (χ0v) is 16.8. The molecule has 1 amide bonds. The van der Waals surface area contributed by atoms with Gasteiger partial charge in [0.15, 0.2) is 0 Å². The number of pyridine rings is 1. The topological polar surface area (TPSA) is 124 Å². The van der Waals surface area contributed by atoms with Gasteiger partial charge in [0, 0.05) is 36.8 Å². The molecule has 0 aliphatic carbocycles. The Labute approximate surface area is 175 Å². The van der Waals surface area contributed by atoms with Gasteiger partial charge in [-0.15, -0.1) is 10.2 Å². The van der Waals surface area contributed by atoms with Crippen molar-refractivity contribution in [2.75, 3.05) is 19.4 Å². The van der Waals surface area contributed by atoms with E-state index in [0.717, 1.165) is 28.8 Å². The minimum Gasteiger partial charge on any atom is -0.497 e. The van der Waals surface area contributed by atoms with E-state index in [1.165, 1.54) is 12.3 Å². The first-order valence-electron chi connectivity index (χ1n) is 9.04. The second-order valence-electron chi connectivity index (χ2n) is 6.51. The van der Waals surface area contributed by atoms with Crippen molar-refractivity contribution in [2.45, 2.75) is 18.2 Å². The van der Waals surface area contributed by atoms with E-state index in [1.54, 1.807) is 24.1 Å². The highest BCUT2D eigenvalue weighted by molar-refractivity contribution is 7.99. The lowest BCUT2D eigenvalue weighted by Gasteiger charge is -2.27. The van der Waals surface area contributed by atoms with E-state index >= 15 is 0 Å². The van der Waals surface area contributed by atoms with Crippen molar-refractivity contribution in [2.24, 2.45) is 0 Å². The molecule has 0 bridgehead atoms. The number of amides is 1. The van der Waals surface area contributed by atoms with Gasteiger partial charge >= 0.3 is 0 Å². The van der Waals surface area contributed by atoms with Crippen molar-refractivity contribution >= 4 is 23.4 Å². The van der Waals surface area contributed by atoms with Gasteiger partial charge in [0.05, 0.1) is 17.8 Å². The normalized spacial score (nSPS) is 13.0. The van der Waals surface area contributed by atoms with Gasteiger partial charge in [-0.3, -0.25) is 19.9 Å². The highest BCUT2D eigenvalue weighted by atomic mass is 32.2. The summed E-state index contributed by atoms with van der Waals surface area (Å²) in [5.74, 6) is 1.10. The molecule has 154 valence electrons. The molecule has 0 atom stereocenters. The molecule has 0 fully saturated rings. The van der Waals surface area contributed by atoms with Crippen LogP contribution in [0.3, 0.4) is 0 Å². The second-order valence-corrected chi connectivity index (χ2v) is 7.44. The monoisotopic (exact) mass is 427 g/mol. The number of ether oxygens (including phenoxy) is 1. The van der Waals surface area contributed by atoms with E-state index in [0.29, 0.717) is 36.2 Å². The van der Waals surface area contributed by atoms with Gasteiger partial charge < -0.3 is 14.1 Å². The average Bonchev–Trinajstić information content (AvgIpc) is 3.25. The number of methoxy groups -OCH3 is 1. The maximum Gasteiger partial charge on any atom is 0.287 e. The Morgan fingerprint density at radius 3 is 2.87 bits per heavy atom. The molecule has 0 saturated carbocycles. The van der Waals surface area contributed by atoms with Gasteiger partial charge in [0.2, 0.25) is 11.8 Å². The van der Waals surface area contributed by atoms with Crippen molar-refractivity contribution in [1.82, 2.24) is 20.1 Å². The SMILES string of the molecule is COc1ccc(-c2nnc(SCC(=O)N3CCc4ncc([N+](=O)[O-])cc4C3)o2)cc1. The summed E-state index contributed by atoms with van der Waals surface area (Å²) in [6.45, 7) is 0.808. The number of carbonyl (C=O) groups excluding carboxylic acids is 1. The maximum atomic E-state index is 12.6. The predicted molar refractivity (Wildman–Crippen MR) is 107 cm³/mol. The van der Waals surface area contributed by atoms with Gasteiger partial charge in [-0.2, -0.15) is 0 Å². The molecule has 11 heteroatoms. The fourth-order valence-electron chi connectivity index (χ4n) is 3.06. The average molecular weight is 427 g/mol. The minimum absolute atomic E-state index is 0.0747. The van der Waals surface area contributed by atoms with Crippen LogP contribution in [-0.4, -0.2) is 50.3 Å². The standard InChI is InChI=1S/C19H17N5O5S/c1-28-15-4-2-12(3-5-15)18-21-22-19(29-18)30-11-17(25)23-7-6-16-13(10-23)8-14(9-20-16)24(26)27/h2-5,8-9H,6-7,10-11H2,1H3. The molecule has 0 N–H and O–H groups in total. The lowest BCUT2D eigenvalue weighted by Crippen LogP contribution is -2.37. The molecule has 0 spiro atoms. The second kappa shape index (κ2) is 8.49. The largest absolute Gasteiger partial charge is 0.497 e. The summed E-state index contributed by atoms with van der Waals surface area (Å²) >= 11 is 1.15. The number of benzene rings is 1. The Morgan fingerprint density at radius 1 is 1.33 bits per heavy atom. The summed E-state index contributed by atoms with van der Waals surface area (Å²) in [6.07, 6.45) is 1.81. The minimum atomic E-state index is -0.486. The number of nitro groups is 1. The van der Waals surface area contributed by atoms with Crippen LogP contribution < -0.4 is 4.74 Å².